The van der Waals surface area contributed by atoms with Crippen molar-refractivity contribution in [2.45, 2.75) is 40.5 Å². The number of carboxylic acids is 1. The van der Waals surface area contributed by atoms with Crippen LogP contribution in [0.5, 0.6) is 0 Å². The molecule has 0 aromatic heterocycles. The van der Waals surface area contributed by atoms with Gasteiger partial charge in [-0.2, -0.15) is 0 Å². The lowest BCUT2D eigenvalue weighted by molar-refractivity contribution is -0.131. The largest absolute Gasteiger partial charge is 0.478 e. The molecule has 0 unspecified atom stereocenters. The zero-order valence-electron chi connectivity index (χ0n) is 10.5. The van der Waals surface area contributed by atoms with Crippen LogP contribution >= 0.6 is 0 Å². The first kappa shape index (κ1) is 16.6. The van der Waals surface area contributed by atoms with Crippen LogP contribution in [0.15, 0.2) is 12.2 Å². The first-order valence-electron chi connectivity index (χ1n) is 5.74. The van der Waals surface area contributed by atoms with Crippen LogP contribution < -0.4 is 0 Å². The minimum Gasteiger partial charge on any atom is -0.478 e. The molecule has 0 aliphatic heterocycles. The van der Waals surface area contributed by atoms with E-state index in [9.17, 15) is 4.79 Å². The van der Waals surface area contributed by atoms with E-state index in [0.717, 1.165) is 12.8 Å². The van der Waals surface area contributed by atoms with Gasteiger partial charge in [0.1, 0.15) is 0 Å². The second kappa shape index (κ2) is 13.2. The molecule has 0 saturated heterocycles. The van der Waals surface area contributed by atoms with Gasteiger partial charge in [-0.1, -0.05) is 40.2 Å². The van der Waals surface area contributed by atoms with Gasteiger partial charge in [0.15, 0.2) is 0 Å². The molecule has 0 rings (SSSR count). The summed E-state index contributed by atoms with van der Waals surface area (Å²) in [5, 5.41) is 8.05. The third-order valence-corrected chi connectivity index (χ3v) is 2.06. The first-order valence-corrected chi connectivity index (χ1v) is 5.74. The predicted molar refractivity (Wildman–Crippen MR) is 65.1 cm³/mol. The summed E-state index contributed by atoms with van der Waals surface area (Å²) >= 11 is 0. The highest BCUT2D eigenvalue weighted by molar-refractivity contribution is 5.79. The van der Waals surface area contributed by atoms with E-state index < -0.39 is 5.97 Å². The van der Waals surface area contributed by atoms with Crippen molar-refractivity contribution in [3.63, 3.8) is 0 Å². The number of carbonyl (C=O) groups is 1. The van der Waals surface area contributed by atoms with Gasteiger partial charge in [-0.15, -0.1) is 0 Å². The molecule has 0 bridgehead atoms. The van der Waals surface area contributed by atoms with Gasteiger partial charge >= 0.3 is 5.97 Å². The van der Waals surface area contributed by atoms with Gasteiger partial charge in [-0.25, -0.2) is 4.79 Å². The van der Waals surface area contributed by atoms with Gasteiger partial charge < -0.3 is 10.0 Å². The molecule has 0 atom stereocenters. The minimum absolute atomic E-state index is 0.853. The number of allylic oxidation sites excluding steroid dienone is 1. The number of unbranched alkanes of at least 4 members (excludes halogenated alkanes) is 1. The Bertz CT molecular complexity index is 157. The molecular formula is C12H25NO2. The lowest BCUT2D eigenvalue weighted by Crippen LogP contribution is -2.21. The molecule has 0 aromatic rings. The maximum absolute atomic E-state index is 9.79. The predicted octanol–water partition coefficient (Wildman–Crippen LogP) is 2.78. The van der Waals surface area contributed by atoms with E-state index in [4.69, 9.17) is 5.11 Å². The topological polar surface area (TPSA) is 40.5 Å². The number of nitrogens with zero attached hydrogens (tertiary/aromatic N) is 1. The average Bonchev–Trinajstić information content (AvgIpc) is 2.21. The van der Waals surface area contributed by atoms with Crippen molar-refractivity contribution in [3.05, 3.63) is 12.2 Å². The van der Waals surface area contributed by atoms with E-state index >= 15 is 0 Å². The minimum atomic E-state index is -0.863. The van der Waals surface area contributed by atoms with Crippen molar-refractivity contribution in [1.82, 2.24) is 4.90 Å². The lowest BCUT2D eigenvalue weighted by Gasteiger charge is -2.13. The summed E-state index contributed by atoms with van der Waals surface area (Å²) in [7, 11) is 0. The molecule has 0 spiro atoms. The zero-order valence-corrected chi connectivity index (χ0v) is 10.5. The summed E-state index contributed by atoms with van der Waals surface area (Å²) in [6.45, 7) is 12.1. The normalized spacial score (nSPS) is 10.2. The second-order valence-electron chi connectivity index (χ2n) is 3.15. The molecule has 0 aliphatic rings. The van der Waals surface area contributed by atoms with Gasteiger partial charge in [-0.3, -0.25) is 0 Å². The third-order valence-electron chi connectivity index (χ3n) is 2.06. The summed E-state index contributed by atoms with van der Waals surface area (Å²) in [5.41, 5.74) is 0. The monoisotopic (exact) mass is 215 g/mol. The molecule has 15 heavy (non-hydrogen) atoms. The smallest absolute Gasteiger partial charge is 0.327 e. The molecule has 0 fully saturated rings. The Labute approximate surface area is 93.8 Å². The van der Waals surface area contributed by atoms with Crippen LogP contribution in [-0.4, -0.2) is 35.6 Å². The molecule has 0 radical (unpaired) electrons. The maximum Gasteiger partial charge on any atom is 0.327 e. The maximum atomic E-state index is 9.79. The highest BCUT2D eigenvalue weighted by Crippen LogP contribution is 1.86. The van der Waals surface area contributed by atoms with Crippen molar-refractivity contribution in [2.24, 2.45) is 0 Å². The van der Waals surface area contributed by atoms with Crippen molar-refractivity contribution >= 4 is 5.97 Å². The SMILES string of the molecule is CCCC=CC(=O)O.CCN(CC)CC. The first-order chi connectivity index (χ1) is 7.12. The summed E-state index contributed by atoms with van der Waals surface area (Å²) in [4.78, 5) is 12.2. The average molecular weight is 215 g/mol. The number of hydrogen-bond donors (Lipinski definition) is 1. The quantitative estimate of drug-likeness (QED) is 0.693. The number of hydrogen-bond acceptors (Lipinski definition) is 2. The van der Waals surface area contributed by atoms with Crippen molar-refractivity contribution in [3.8, 4) is 0 Å². The summed E-state index contributed by atoms with van der Waals surface area (Å²) in [5.74, 6) is -0.863. The fourth-order valence-electron chi connectivity index (χ4n) is 1.02. The Hall–Kier alpha value is -0.830. The van der Waals surface area contributed by atoms with Gasteiger partial charge in [0.25, 0.3) is 0 Å². The standard InChI is InChI=1S/C6H15N.C6H10O2/c1-4-7(5-2)6-3;1-2-3-4-5-6(7)8/h4-6H2,1-3H3;4-5H,2-3H2,1H3,(H,7,8). The number of aliphatic carboxylic acids is 1. The van der Waals surface area contributed by atoms with Crippen LogP contribution in [-0.2, 0) is 4.79 Å². The Morgan fingerprint density at radius 2 is 1.60 bits per heavy atom. The van der Waals surface area contributed by atoms with Crippen LogP contribution in [0.25, 0.3) is 0 Å². The summed E-state index contributed by atoms with van der Waals surface area (Å²) in [6, 6.07) is 0. The van der Waals surface area contributed by atoms with Crippen LogP contribution in [0.2, 0.25) is 0 Å². The van der Waals surface area contributed by atoms with E-state index in [2.05, 4.69) is 25.7 Å². The fraction of sp³-hybridized carbons (Fsp3) is 0.750. The fourth-order valence-corrected chi connectivity index (χ4v) is 1.02. The molecule has 0 heterocycles. The van der Waals surface area contributed by atoms with Crippen molar-refractivity contribution in [2.75, 3.05) is 19.6 Å². The zero-order chi connectivity index (χ0) is 12.1. The third kappa shape index (κ3) is 15.9. The summed E-state index contributed by atoms with van der Waals surface area (Å²) < 4.78 is 0. The van der Waals surface area contributed by atoms with E-state index in [1.807, 2.05) is 6.92 Å². The van der Waals surface area contributed by atoms with Crippen LogP contribution in [0, 0.1) is 0 Å². The Morgan fingerprint density at radius 1 is 1.13 bits per heavy atom. The highest BCUT2D eigenvalue weighted by Gasteiger charge is 1.89. The van der Waals surface area contributed by atoms with E-state index in [1.54, 1.807) is 6.08 Å². The molecule has 3 nitrogen and oxygen atoms in total. The van der Waals surface area contributed by atoms with Gasteiger partial charge in [0.05, 0.1) is 0 Å². The van der Waals surface area contributed by atoms with E-state index in [1.165, 1.54) is 25.7 Å². The Morgan fingerprint density at radius 3 is 1.80 bits per heavy atom. The molecule has 0 saturated carbocycles. The van der Waals surface area contributed by atoms with Crippen molar-refractivity contribution in [1.29, 1.82) is 0 Å². The summed E-state index contributed by atoms with van der Waals surface area (Å²) in [6.07, 6.45) is 4.68. The molecule has 0 aliphatic carbocycles. The molecule has 0 aromatic carbocycles. The van der Waals surface area contributed by atoms with Crippen molar-refractivity contribution < 1.29 is 9.90 Å². The number of rotatable bonds is 6. The molecule has 1 N–H and O–H groups in total. The molecule has 90 valence electrons. The van der Waals surface area contributed by atoms with Gasteiger partial charge in [-0.05, 0) is 26.1 Å². The van der Waals surface area contributed by atoms with E-state index in [0.29, 0.717) is 0 Å². The molecule has 0 amide bonds. The highest BCUT2D eigenvalue weighted by atomic mass is 16.4. The lowest BCUT2D eigenvalue weighted by atomic mass is 10.3. The Balaban J connectivity index is 0. The number of carboxylic acid groups (broad SMARTS) is 1. The van der Waals surface area contributed by atoms with Gasteiger partial charge in [0.2, 0.25) is 0 Å². The molecule has 3 heteroatoms. The van der Waals surface area contributed by atoms with Crippen LogP contribution in [0.1, 0.15) is 40.5 Å². The molecular weight excluding hydrogens is 190 g/mol. The van der Waals surface area contributed by atoms with Crippen LogP contribution in [0.4, 0.5) is 0 Å². The van der Waals surface area contributed by atoms with Gasteiger partial charge in [0, 0.05) is 6.08 Å². The Kier molecular flexibility index (Phi) is 14.6. The van der Waals surface area contributed by atoms with Crippen LogP contribution in [0.3, 0.4) is 0 Å². The second-order valence-corrected chi connectivity index (χ2v) is 3.15. The van der Waals surface area contributed by atoms with E-state index in [-0.39, 0.29) is 0 Å².